The SMILES string of the molecule is COCCc1nc2c(N)nc3ccccc3c2n1CCCNC(O)N1CCOCC1. The molecule has 162 valence electrons. The van der Waals surface area contributed by atoms with E-state index < -0.39 is 6.35 Å². The van der Waals surface area contributed by atoms with Crippen molar-refractivity contribution in [3.05, 3.63) is 30.1 Å². The largest absolute Gasteiger partial charge is 0.384 e. The molecule has 4 N–H and O–H groups in total. The summed E-state index contributed by atoms with van der Waals surface area (Å²) in [5.74, 6) is 1.38. The van der Waals surface area contributed by atoms with Gasteiger partial charge < -0.3 is 24.9 Å². The monoisotopic (exact) mass is 414 g/mol. The molecule has 0 radical (unpaired) electrons. The van der Waals surface area contributed by atoms with Crippen LogP contribution in [0, 0.1) is 0 Å². The maximum atomic E-state index is 10.4. The van der Waals surface area contributed by atoms with Gasteiger partial charge in [-0.25, -0.2) is 9.97 Å². The number of benzene rings is 1. The van der Waals surface area contributed by atoms with Crippen molar-refractivity contribution < 1.29 is 14.6 Å². The molecule has 3 heterocycles. The number of aryl methyl sites for hydroxylation is 1. The van der Waals surface area contributed by atoms with Crippen molar-refractivity contribution in [3.63, 3.8) is 0 Å². The highest BCUT2D eigenvalue weighted by atomic mass is 16.5. The Morgan fingerprint density at radius 3 is 2.87 bits per heavy atom. The number of imidazole rings is 1. The highest BCUT2D eigenvalue weighted by Gasteiger charge is 2.19. The molecule has 1 aliphatic heterocycles. The summed E-state index contributed by atoms with van der Waals surface area (Å²) in [6, 6.07) is 8.00. The number of fused-ring (bicyclic) bond motifs is 3. The van der Waals surface area contributed by atoms with E-state index in [0.29, 0.717) is 38.6 Å². The zero-order valence-corrected chi connectivity index (χ0v) is 17.4. The number of methoxy groups -OCH3 is 1. The molecule has 0 amide bonds. The Balaban J connectivity index is 1.53. The first kappa shape index (κ1) is 21.0. The summed E-state index contributed by atoms with van der Waals surface area (Å²) in [4.78, 5) is 11.3. The molecule has 9 nitrogen and oxygen atoms in total. The van der Waals surface area contributed by atoms with Gasteiger partial charge in [0.25, 0.3) is 0 Å². The maximum Gasteiger partial charge on any atom is 0.163 e. The topological polar surface area (TPSA) is 111 Å². The normalized spacial score (nSPS) is 16.5. The number of anilines is 1. The Morgan fingerprint density at radius 2 is 2.07 bits per heavy atom. The lowest BCUT2D eigenvalue weighted by Gasteiger charge is -2.31. The molecule has 1 saturated heterocycles. The van der Waals surface area contributed by atoms with Crippen LogP contribution in [0.1, 0.15) is 12.2 Å². The van der Waals surface area contributed by atoms with E-state index in [2.05, 4.69) is 20.9 Å². The quantitative estimate of drug-likeness (QED) is 0.351. The Morgan fingerprint density at radius 1 is 1.27 bits per heavy atom. The molecule has 1 aliphatic rings. The number of aliphatic hydroxyl groups excluding tert-OH is 1. The minimum absolute atomic E-state index is 0.446. The van der Waals surface area contributed by atoms with Crippen molar-refractivity contribution in [2.75, 3.05) is 52.3 Å². The minimum Gasteiger partial charge on any atom is -0.384 e. The van der Waals surface area contributed by atoms with E-state index in [9.17, 15) is 5.11 Å². The number of para-hydroxylation sites is 1. The molecule has 1 atom stereocenters. The van der Waals surface area contributed by atoms with Gasteiger partial charge in [-0.05, 0) is 12.5 Å². The number of morpholine rings is 1. The van der Waals surface area contributed by atoms with Gasteiger partial charge in [0.2, 0.25) is 0 Å². The number of hydrogen-bond donors (Lipinski definition) is 3. The summed E-state index contributed by atoms with van der Waals surface area (Å²) >= 11 is 0. The van der Waals surface area contributed by atoms with Crippen LogP contribution in [0.25, 0.3) is 21.9 Å². The van der Waals surface area contributed by atoms with Gasteiger partial charge in [0.1, 0.15) is 11.3 Å². The fourth-order valence-electron chi connectivity index (χ4n) is 3.95. The molecule has 4 rings (SSSR count). The van der Waals surface area contributed by atoms with Crippen LogP contribution >= 0.6 is 0 Å². The molecular formula is C21H30N6O3. The van der Waals surface area contributed by atoms with Gasteiger partial charge >= 0.3 is 0 Å². The number of ether oxygens (including phenoxy) is 2. The van der Waals surface area contributed by atoms with Crippen LogP contribution in [0.4, 0.5) is 5.82 Å². The molecular weight excluding hydrogens is 384 g/mol. The highest BCUT2D eigenvalue weighted by molar-refractivity contribution is 6.06. The number of nitrogens with zero attached hydrogens (tertiary/aromatic N) is 4. The van der Waals surface area contributed by atoms with E-state index in [0.717, 1.165) is 53.8 Å². The third-order valence-corrected chi connectivity index (χ3v) is 5.50. The average molecular weight is 415 g/mol. The lowest BCUT2D eigenvalue weighted by atomic mass is 10.2. The van der Waals surface area contributed by atoms with Gasteiger partial charge in [-0.2, -0.15) is 0 Å². The Bertz CT molecular complexity index is 986. The predicted octanol–water partition coefficient (Wildman–Crippen LogP) is 0.943. The van der Waals surface area contributed by atoms with Crippen molar-refractivity contribution in [2.24, 2.45) is 0 Å². The molecule has 3 aromatic rings. The lowest BCUT2D eigenvalue weighted by molar-refractivity contribution is -0.0740. The number of aliphatic hydroxyl groups is 1. The van der Waals surface area contributed by atoms with E-state index in [-0.39, 0.29) is 0 Å². The second-order valence-corrected chi connectivity index (χ2v) is 7.46. The number of nitrogens with two attached hydrogens (primary N) is 1. The first-order valence-electron chi connectivity index (χ1n) is 10.4. The molecule has 0 spiro atoms. The molecule has 9 heteroatoms. The van der Waals surface area contributed by atoms with Gasteiger partial charge in [-0.1, -0.05) is 18.2 Å². The number of nitrogen functional groups attached to an aromatic ring is 1. The molecule has 1 aromatic carbocycles. The molecule has 30 heavy (non-hydrogen) atoms. The van der Waals surface area contributed by atoms with E-state index in [1.54, 1.807) is 7.11 Å². The number of pyridine rings is 1. The zero-order valence-electron chi connectivity index (χ0n) is 17.4. The Hall–Kier alpha value is -2.30. The van der Waals surface area contributed by atoms with E-state index in [1.807, 2.05) is 23.1 Å². The second kappa shape index (κ2) is 9.67. The predicted molar refractivity (Wildman–Crippen MR) is 116 cm³/mol. The molecule has 0 aliphatic carbocycles. The third kappa shape index (κ3) is 4.40. The van der Waals surface area contributed by atoms with Crippen LogP contribution < -0.4 is 11.1 Å². The standard InChI is InChI=1S/C21H30N6O3/c1-29-12-7-17-25-18-19(15-5-2-3-6-16(15)24-20(18)22)27(17)9-4-8-23-21(28)26-10-13-30-14-11-26/h2-3,5-6,21,23,28H,4,7-14H2,1H3,(H2,22,24). The van der Waals surface area contributed by atoms with E-state index in [1.165, 1.54) is 0 Å². The average Bonchev–Trinajstić information content (AvgIpc) is 3.15. The smallest absolute Gasteiger partial charge is 0.163 e. The van der Waals surface area contributed by atoms with Crippen molar-refractivity contribution in [3.8, 4) is 0 Å². The van der Waals surface area contributed by atoms with Crippen molar-refractivity contribution in [2.45, 2.75) is 25.7 Å². The van der Waals surface area contributed by atoms with Crippen LogP contribution in [-0.4, -0.2) is 77.5 Å². The fourth-order valence-corrected chi connectivity index (χ4v) is 3.95. The number of rotatable bonds is 9. The van der Waals surface area contributed by atoms with E-state index in [4.69, 9.17) is 20.2 Å². The van der Waals surface area contributed by atoms with Crippen LogP contribution in [0.15, 0.2) is 24.3 Å². The summed E-state index contributed by atoms with van der Waals surface area (Å²) in [6.07, 6.45) is 0.883. The summed E-state index contributed by atoms with van der Waals surface area (Å²) in [5, 5.41) is 14.6. The summed E-state index contributed by atoms with van der Waals surface area (Å²) in [6.45, 7) is 4.81. The van der Waals surface area contributed by atoms with Gasteiger partial charge in [-0.3, -0.25) is 10.2 Å². The van der Waals surface area contributed by atoms with E-state index >= 15 is 0 Å². The summed E-state index contributed by atoms with van der Waals surface area (Å²) < 4.78 is 12.8. The second-order valence-electron chi connectivity index (χ2n) is 7.46. The highest BCUT2D eigenvalue weighted by Crippen LogP contribution is 2.29. The van der Waals surface area contributed by atoms with Gasteiger partial charge in [0.05, 0.1) is 30.9 Å². The van der Waals surface area contributed by atoms with Crippen LogP contribution in [0.2, 0.25) is 0 Å². The third-order valence-electron chi connectivity index (χ3n) is 5.50. The maximum absolute atomic E-state index is 10.4. The Labute approximate surface area is 175 Å². The van der Waals surface area contributed by atoms with Gasteiger partial charge in [0.15, 0.2) is 12.2 Å². The van der Waals surface area contributed by atoms with Crippen molar-refractivity contribution in [1.82, 2.24) is 24.8 Å². The van der Waals surface area contributed by atoms with Gasteiger partial charge in [-0.15, -0.1) is 0 Å². The van der Waals surface area contributed by atoms with Crippen molar-refractivity contribution >= 4 is 27.8 Å². The first-order chi connectivity index (χ1) is 14.7. The molecule has 2 aromatic heterocycles. The Kier molecular flexibility index (Phi) is 6.76. The molecule has 1 fully saturated rings. The number of aromatic nitrogens is 3. The van der Waals surface area contributed by atoms with Crippen LogP contribution in [0.5, 0.6) is 0 Å². The summed E-state index contributed by atoms with van der Waals surface area (Å²) in [7, 11) is 1.69. The van der Waals surface area contributed by atoms with Crippen LogP contribution in [-0.2, 0) is 22.4 Å². The summed E-state index contributed by atoms with van der Waals surface area (Å²) in [5.41, 5.74) is 8.84. The first-order valence-corrected chi connectivity index (χ1v) is 10.4. The van der Waals surface area contributed by atoms with Crippen molar-refractivity contribution in [1.29, 1.82) is 0 Å². The minimum atomic E-state index is -0.651. The number of nitrogens with one attached hydrogen (secondary N) is 1. The molecule has 1 unspecified atom stereocenters. The molecule has 0 saturated carbocycles. The number of hydrogen-bond acceptors (Lipinski definition) is 8. The lowest BCUT2D eigenvalue weighted by Crippen LogP contribution is -2.50. The van der Waals surface area contributed by atoms with Crippen LogP contribution in [0.3, 0.4) is 0 Å². The fraction of sp³-hybridized carbons (Fsp3) is 0.524. The molecule has 0 bridgehead atoms. The zero-order chi connectivity index (χ0) is 20.9. The van der Waals surface area contributed by atoms with Gasteiger partial charge in [0, 0.05) is 45.1 Å².